The zero-order valence-electron chi connectivity index (χ0n) is 5.24. The minimum atomic E-state index is -4.28. The number of rotatable bonds is 0. The van der Waals surface area contributed by atoms with Crippen molar-refractivity contribution in [3.05, 3.63) is 34.3 Å². The van der Waals surface area contributed by atoms with Gasteiger partial charge in [-0.05, 0) is 18.2 Å². The topological polar surface area (TPSA) is 0 Å². The molecule has 0 atom stereocenters. The van der Waals surface area contributed by atoms with Gasteiger partial charge in [-0.3, -0.25) is 0 Å². The predicted octanol–water partition coefficient (Wildman–Crippen LogP) is 3.27. The molecule has 0 saturated carbocycles. The summed E-state index contributed by atoms with van der Waals surface area (Å²) in [5, 5.41) is 0. The van der Waals surface area contributed by atoms with Gasteiger partial charge < -0.3 is 0 Å². The molecule has 1 rings (SSSR count). The van der Waals surface area contributed by atoms with Crippen LogP contribution in [0.5, 0.6) is 0 Å². The molecule has 0 saturated heterocycles. The fraction of sp³-hybridized carbons (Fsp3) is 0.143. The summed E-state index contributed by atoms with van der Waals surface area (Å²) in [4.78, 5) is 0. The zero-order valence-corrected chi connectivity index (χ0v) is 6.83. The molecule has 1 aromatic carbocycles. The van der Waals surface area contributed by atoms with Gasteiger partial charge in [-0.25, -0.2) is 0 Å². The van der Waals surface area contributed by atoms with Crippen LogP contribution in [0.2, 0.25) is 0 Å². The average Bonchev–Trinajstić information content (AvgIpc) is 1.86. The fourth-order valence-electron chi connectivity index (χ4n) is 0.640. The van der Waals surface area contributed by atoms with Crippen LogP contribution in [0.4, 0.5) is 13.2 Å². The molecule has 1 aromatic rings. The van der Waals surface area contributed by atoms with Gasteiger partial charge in [0.15, 0.2) is 0 Å². The molecule has 0 bridgehead atoms. The van der Waals surface area contributed by atoms with Crippen molar-refractivity contribution in [3.63, 3.8) is 0 Å². The third-order valence-corrected chi connectivity index (χ3v) is 1.78. The molecule has 0 unspecified atom stereocenters. The number of halogens is 4. The molecule has 0 aliphatic heterocycles. The molecule has 0 aliphatic carbocycles. The molecule has 0 fully saturated rings. The first-order valence-corrected chi connectivity index (χ1v) is 3.54. The second-order valence-corrected chi connectivity index (χ2v) is 2.76. The molecule has 11 heavy (non-hydrogen) atoms. The smallest absolute Gasteiger partial charge is 0.166 e. The second kappa shape index (κ2) is 2.85. The van der Waals surface area contributed by atoms with E-state index in [0.717, 1.165) is 6.07 Å². The van der Waals surface area contributed by atoms with E-state index < -0.39 is 11.7 Å². The fourth-order valence-corrected chi connectivity index (χ4v) is 1.13. The van der Waals surface area contributed by atoms with Crippen molar-refractivity contribution in [1.29, 1.82) is 0 Å². The normalized spacial score (nSPS) is 11.6. The van der Waals surface area contributed by atoms with E-state index >= 15 is 0 Å². The zero-order chi connectivity index (χ0) is 8.48. The molecule has 0 aliphatic rings. The van der Waals surface area contributed by atoms with Gasteiger partial charge in [0.05, 0.1) is 5.56 Å². The Morgan fingerprint density at radius 1 is 1.36 bits per heavy atom. The molecule has 1 radical (unpaired) electrons. The molecule has 0 heterocycles. The van der Waals surface area contributed by atoms with Crippen LogP contribution in [0, 0.1) is 6.07 Å². The Bertz CT molecular complexity index is 254. The van der Waals surface area contributed by atoms with Crippen LogP contribution in [0.1, 0.15) is 5.56 Å². The van der Waals surface area contributed by atoms with Crippen molar-refractivity contribution in [3.8, 4) is 0 Å². The quantitative estimate of drug-likeness (QED) is 0.634. The summed E-state index contributed by atoms with van der Waals surface area (Å²) in [6, 6.07) is 5.97. The highest BCUT2D eigenvalue weighted by atomic mass is 79.9. The predicted molar refractivity (Wildman–Crippen MR) is 38.0 cm³/mol. The lowest BCUT2D eigenvalue weighted by Gasteiger charge is -2.06. The first kappa shape index (κ1) is 8.59. The first-order valence-electron chi connectivity index (χ1n) is 2.74. The van der Waals surface area contributed by atoms with Crippen molar-refractivity contribution < 1.29 is 13.2 Å². The van der Waals surface area contributed by atoms with Crippen LogP contribution in [0.25, 0.3) is 0 Å². The maximum atomic E-state index is 12.0. The van der Waals surface area contributed by atoms with Crippen molar-refractivity contribution in [2.45, 2.75) is 6.18 Å². The summed E-state index contributed by atoms with van der Waals surface area (Å²) in [6.07, 6.45) is -4.28. The van der Waals surface area contributed by atoms with Crippen molar-refractivity contribution in [2.24, 2.45) is 0 Å². The first-order chi connectivity index (χ1) is 5.02. The number of benzene rings is 1. The molecule has 0 nitrogen and oxygen atoms in total. The van der Waals surface area contributed by atoms with E-state index in [4.69, 9.17) is 0 Å². The van der Waals surface area contributed by atoms with E-state index in [-0.39, 0.29) is 4.47 Å². The standard InChI is InChI=1S/C7H3BrF3/c8-6-4-2-1-3-5(6)7(9,10)11/h1,3-4H. The van der Waals surface area contributed by atoms with Crippen LogP contribution < -0.4 is 0 Å². The van der Waals surface area contributed by atoms with Gasteiger partial charge in [0.1, 0.15) is 0 Å². The summed E-state index contributed by atoms with van der Waals surface area (Å²) < 4.78 is 36.0. The molecular weight excluding hydrogens is 221 g/mol. The maximum absolute atomic E-state index is 12.0. The summed E-state index contributed by atoms with van der Waals surface area (Å²) in [5.74, 6) is 0. The Labute approximate surface area is 70.2 Å². The number of hydrogen-bond donors (Lipinski definition) is 0. The van der Waals surface area contributed by atoms with Crippen molar-refractivity contribution in [1.82, 2.24) is 0 Å². The van der Waals surface area contributed by atoms with E-state index in [2.05, 4.69) is 22.0 Å². The van der Waals surface area contributed by atoms with Crippen LogP contribution in [-0.4, -0.2) is 0 Å². The van der Waals surface area contributed by atoms with Crippen LogP contribution in [-0.2, 0) is 6.18 Å². The van der Waals surface area contributed by atoms with E-state index in [9.17, 15) is 13.2 Å². The van der Waals surface area contributed by atoms with Gasteiger partial charge in [0.2, 0.25) is 0 Å². The Hall–Kier alpha value is -0.510. The summed E-state index contributed by atoms with van der Waals surface area (Å²) >= 11 is 2.78. The van der Waals surface area contributed by atoms with Crippen LogP contribution >= 0.6 is 15.9 Å². The molecule has 59 valence electrons. The largest absolute Gasteiger partial charge is 0.417 e. The number of alkyl halides is 3. The lowest BCUT2D eigenvalue weighted by Crippen LogP contribution is -2.05. The Morgan fingerprint density at radius 3 is 2.36 bits per heavy atom. The Kier molecular flexibility index (Phi) is 2.23. The third-order valence-electron chi connectivity index (χ3n) is 1.12. The monoisotopic (exact) mass is 223 g/mol. The van der Waals surface area contributed by atoms with Crippen LogP contribution in [0.3, 0.4) is 0 Å². The molecular formula is C7H3BrF3. The SMILES string of the molecule is FC(F)(F)c1cc[c]cc1Br. The minimum Gasteiger partial charge on any atom is -0.166 e. The van der Waals surface area contributed by atoms with Gasteiger partial charge in [-0.2, -0.15) is 13.2 Å². The van der Waals surface area contributed by atoms with Gasteiger partial charge in [0, 0.05) is 4.47 Å². The third kappa shape index (κ3) is 1.96. The van der Waals surface area contributed by atoms with Gasteiger partial charge in [0.25, 0.3) is 0 Å². The van der Waals surface area contributed by atoms with E-state index in [0.29, 0.717) is 0 Å². The summed E-state index contributed by atoms with van der Waals surface area (Å²) in [7, 11) is 0. The molecule has 0 amide bonds. The highest BCUT2D eigenvalue weighted by molar-refractivity contribution is 9.10. The second-order valence-electron chi connectivity index (χ2n) is 1.90. The highest BCUT2D eigenvalue weighted by Gasteiger charge is 2.32. The van der Waals surface area contributed by atoms with E-state index in [1.165, 1.54) is 12.1 Å². The molecule has 0 spiro atoms. The van der Waals surface area contributed by atoms with E-state index in [1.807, 2.05) is 0 Å². The lowest BCUT2D eigenvalue weighted by atomic mass is 10.2. The molecule has 0 N–H and O–H groups in total. The van der Waals surface area contributed by atoms with Crippen molar-refractivity contribution >= 4 is 15.9 Å². The molecule has 4 heteroatoms. The van der Waals surface area contributed by atoms with Gasteiger partial charge in [-0.1, -0.05) is 22.0 Å². The van der Waals surface area contributed by atoms with E-state index in [1.54, 1.807) is 0 Å². The van der Waals surface area contributed by atoms with Gasteiger partial charge >= 0.3 is 6.18 Å². The Morgan fingerprint density at radius 2 is 2.00 bits per heavy atom. The van der Waals surface area contributed by atoms with Crippen molar-refractivity contribution in [2.75, 3.05) is 0 Å². The minimum absolute atomic E-state index is 0.0208. The average molecular weight is 224 g/mol. The molecule has 0 aromatic heterocycles. The van der Waals surface area contributed by atoms with Crippen LogP contribution in [0.15, 0.2) is 22.7 Å². The van der Waals surface area contributed by atoms with Gasteiger partial charge in [-0.15, -0.1) is 0 Å². The highest BCUT2D eigenvalue weighted by Crippen LogP contribution is 2.33. The lowest BCUT2D eigenvalue weighted by molar-refractivity contribution is -0.138. The maximum Gasteiger partial charge on any atom is 0.417 e. The summed E-state index contributed by atoms with van der Waals surface area (Å²) in [6.45, 7) is 0. The summed E-state index contributed by atoms with van der Waals surface area (Å²) in [5.41, 5.74) is -0.670. The number of hydrogen-bond acceptors (Lipinski definition) is 0. The Balaban J connectivity index is 3.14.